The first-order valence-electron chi connectivity index (χ1n) is 7.23. The molecule has 1 N–H and O–H groups in total. The molecule has 0 spiro atoms. The minimum absolute atomic E-state index is 0.127. The highest BCUT2D eigenvalue weighted by Gasteiger charge is 2.32. The minimum atomic E-state index is -0.351. The fourth-order valence-electron chi connectivity index (χ4n) is 2.91. The molecule has 4 heteroatoms. The van der Waals surface area contributed by atoms with Crippen molar-refractivity contribution in [3.05, 3.63) is 34.3 Å². The zero-order valence-corrected chi connectivity index (χ0v) is 13.6. The fraction of sp³-hybridized carbons (Fsp3) is 0.562. The summed E-state index contributed by atoms with van der Waals surface area (Å²) >= 11 is 3.41. The van der Waals surface area contributed by atoms with Gasteiger partial charge in [0.15, 0.2) is 0 Å². The number of aliphatic hydroxyl groups is 1. The Kier molecular flexibility index (Phi) is 5.22. The quantitative estimate of drug-likeness (QED) is 0.914. The summed E-state index contributed by atoms with van der Waals surface area (Å²) in [4.78, 5) is 14.6. The molecular formula is C16H22BrNO2. The summed E-state index contributed by atoms with van der Waals surface area (Å²) in [7, 11) is 0. The van der Waals surface area contributed by atoms with Crippen LogP contribution in [-0.2, 0) is 4.79 Å². The number of carbonyl (C=O) groups excluding carboxylic acids is 1. The van der Waals surface area contributed by atoms with E-state index in [4.69, 9.17) is 0 Å². The molecule has 3 nitrogen and oxygen atoms in total. The van der Waals surface area contributed by atoms with E-state index in [-0.39, 0.29) is 24.0 Å². The van der Waals surface area contributed by atoms with Crippen molar-refractivity contribution in [3.63, 3.8) is 0 Å². The highest BCUT2D eigenvalue weighted by Crippen LogP contribution is 2.27. The number of halogens is 1. The maximum Gasteiger partial charge on any atom is 0.230 e. The van der Waals surface area contributed by atoms with E-state index < -0.39 is 0 Å². The standard InChI is InChI=1S/C16H22BrNO2/c1-11(19)10-15-4-3-9-18(15)16(20)12(2)13-5-7-14(17)8-6-13/h5-8,11-12,15,19H,3-4,9-10H2,1-2H3/t11-,12-,15-/m0/s1. The molecule has 1 fully saturated rings. The summed E-state index contributed by atoms with van der Waals surface area (Å²) < 4.78 is 1.02. The van der Waals surface area contributed by atoms with E-state index in [1.54, 1.807) is 6.92 Å². The number of benzene rings is 1. The number of likely N-dealkylation sites (tertiary alicyclic amines) is 1. The number of hydrogen-bond donors (Lipinski definition) is 1. The van der Waals surface area contributed by atoms with Gasteiger partial charge < -0.3 is 10.0 Å². The van der Waals surface area contributed by atoms with Gasteiger partial charge >= 0.3 is 0 Å². The first-order chi connectivity index (χ1) is 9.49. The molecule has 0 bridgehead atoms. The van der Waals surface area contributed by atoms with Gasteiger partial charge in [-0.1, -0.05) is 28.1 Å². The lowest BCUT2D eigenvalue weighted by atomic mass is 9.98. The number of aliphatic hydroxyl groups excluding tert-OH is 1. The highest BCUT2D eigenvalue weighted by molar-refractivity contribution is 9.10. The molecule has 1 aromatic carbocycles. The SMILES string of the molecule is C[C@H](O)C[C@@H]1CCCN1C(=O)[C@@H](C)c1ccc(Br)cc1. The smallest absolute Gasteiger partial charge is 0.230 e. The molecule has 1 aromatic rings. The Hall–Kier alpha value is -0.870. The van der Waals surface area contributed by atoms with Crippen LogP contribution in [0, 0.1) is 0 Å². The van der Waals surface area contributed by atoms with Crippen molar-refractivity contribution in [1.82, 2.24) is 4.90 Å². The van der Waals surface area contributed by atoms with Crippen molar-refractivity contribution in [1.29, 1.82) is 0 Å². The number of amides is 1. The molecular weight excluding hydrogens is 318 g/mol. The van der Waals surface area contributed by atoms with E-state index >= 15 is 0 Å². The molecule has 0 radical (unpaired) electrons. The molecule has 1 amide bonds. The van der Waals surface area contributed by atoms with E-state index in [1.165, 1.54) is 0 Å². The molecule has 2 rings (SSSR count). The van der Waals surface area contributed by atoms with Crippen LogP contribution in [0.4, 0.5) is 0 Å². The van der Waals surface area contributed by atoms with Crippen LogP contribution in [-0.4, -0.2) is 34.6 Å². The monoisotopic (exact) mass is 339 g/mol. The number of carbonyl (C=O) groups is 1. The van der Waals surface area contributed by atoms with Crippen molar-refractivity contribution < 1.29 is 9.90 Å². The van der Waals surface area contributed by atoms with Crippen molar-refractivity contribution in [2.24, 2.45) is 0 Å². The van der Waals surface area contributed by atoms with Crippen molar-refractivity contribution >= 4 is 21.8 Å². The van der Waals surface area contributed by atoms with Crippen LogP contribution in [0.2, 0.25) is 0 Å². The predicted molar refractivity (Wildman–Crippen MR) is 83.6 cm³/mol. The van der Waals surface area contributed by atoms with Gasteiger partial charge in [0, 0.05) is 17.1 Å². The van der Waals surface area contributed by atoms with Gasteiger partial charge in [0.05, 0.1) is 12.0 Å². The predicted octanol–water partition coefficient (Wildman–Crippen LogP) is 3.31. The molecule has 0 aliphatic carbocycles. The maximum atomic E-state index is 12.7. The summed E-state index contributed by atoms with van der Waals surface area (Å²) in [6.45, 7) is 4.57. The maximum absolute atomic E-state index is 12.7. The van der Waals surface area contributed by atoms with Crippen LogP contribution in [0.5, 0.6) is 0 Å². The highest BCUT2D eigenvalue weighted by atomic mass is 79.9. The van der Waals surface area contributed by atoms with Crippen molar-refractivity contribution in [2.75, 3.05) is 6.54 Å². The van der Waals surface area contributed by atoms with Gasteiger partial charge in [-0.25, -0.2) is 0 Å². The first kappa shape index (κ1) is 15.5. The lowest BCUT2D eigenvalue weighted by Gasteiger charge is -2.28. The third kappa shape index (κ3) is 3.61. The molecule has 1 heterocycles. The Bertz CT molecular complexity index is 458. The average molecular weight is 340 g/mol. The Morgan fingerprint density at radius 1 is 1.40 bits per heavy atom. The molecule has 20 heavy (non-hydrogen) atoms. The van der Waals surface area contributed by atoms with Crippen LogP contribution < -0.4 is 0 Å². The van der Waals surface area contributed by atoms with Crippen molar-refractivity contribution in [3.8, 4) is 0 Å². The first-order valence-corrected chi connectivity index (χ1v) is 8.02. The zero-order chi connectivity index (χ0) is 14.7. The van der Waals surface area contributed by atoms with E-state index in [2.05, 4.69) is 15.9 Å². The van der Waals surface area contributed by atoms with E-state index in [1.807, 2.05) is 36.1 Å². The molecule has 1 aliphatic rings. The Morgan fingerprint density at radius 2 is 2.05 bits per heavy atom. The van der Waals surface area contributed by atoms with Crippen LogP contribution in [0.15, 0.2) is 28.7 Å². The van der Waals surface area contributed by atoms with E-state index in [0.717, 1.165) is 29.4 Å². The van der Waals surface area contributed by atoms with Crippen LogP contribution >= 0.6 is 15.9 Å². The van der Waals surface area contributed by atoms with Crippen LogP contribution in [0.25, 0.3) is 0 Å². The van der Waals surface area contributed by atoms with Gasteiger partial charge in [0.1, 0.15) is 0 Å². The number of hydrogen-bond acceptors (Lipinski definition) is 2. The van der Waals surface area contributed by atoms with Crippen LogP contribution in [0.1, 0.15) is 44.6 Å². The van der Waals surface area contributed by atoms with Gasteiger partial charge in [0.25, 0.3) is 0 Å². The second-order valence-corrected chi connectivity index (χ2v) is 6.60. The zero-order valence-electron chi connectivity index (χ0n) is 12.1. The Balaban J connectivity index is 2.07. The third-order valence-electron chi connectivity index (χ3n) is 4.01. The topological polar surface area (TPSA) is 40.5 Å². The largest absolute Gasteiger partial charge is 0.393 e. The summed E-state index contributed by atoms with van der Waals surface area (Å²) in [6, 6.07) is 8.12. The second kappa shape index (κ2) is 6.72. The van der Waals surface area contributed by atoms with E-state index in [0.29, 0.717) is 6.42 Å². The average Bonchev–Trinajstić information content (AvgIpc) is 2.85. The van der Waals surface area contributed by atoms with Crippen molar-refractivity contribution in [2.45, 2.75) is 51.2 Å². The van der Waals surface area contributed by atoms with Crippen LogP contribution in [0.3, 0.4) is 0 Å². The number of nitrogens with zero attached hydrogens (tertiary/aromatic N) is 1. The number of rotatable bonds is 4. The molecule has 1 saturated heterocycles. The summed E-state index contributed by atoms with van der Waals surface area (Å²) in [5.74, 6) is 0.0492. The molecule has 0 aromatic heterocycles. The summed E-state index contributed by atoms with van der Waals surface area (Å²) in [5, 5.41) is 9.56. The molecule has 110 valence electrons. The lowest BCUT2D eigenvalue weighted by Crippen LogP contribution is -2.39. The fourth-order valence-corrected chi connectivity index (χ4v) is 3.17. The second-order valence-electron chi connectivity index (χ2n) is 5.69. The Morgan fingerprint density at radius 3 is 2.65 bits per heavy atom. The molecule has 1 aliphatic heterocycles. The minimum Gasteiger partial charge on any atom is -0.393 e. The Labute approximate surface area is 129 Å². The lowest BCUT2D eigenvalue weighted by molar-refractivity contribution is -0.133. The van der Waals surface area contributed by atoms with Gasteiger partial charge in [-0.05, 0) is 50.8 Å². The normalized spacial score (nSPS) is 21.8. The summed E-state index contributed by atoms with van der Waals surface area (Å²) in [6.07, 6.45) is 2.37. The van der Waals surface area contributed by atoms with Gasteiger partial charge in [-0.2, -0.15) is 0 Å². The van der Waals surface area contributed by atoms with Gasteiger partial charge in [-0.3, -0.25) is 4.79 Å². The molecule has 3 atom stereocenters. The van der Waals surface area contributed by atoms with Gasteiger partial charge in [0.2, 0.25) is 5.91 Å². The molecule has 0 saturated carbocycles. The summed E-state index contributed by atoms with van der Waals surface area (Å²) in [5.41, 5.74) is 1.04. The molecule has 0 unspecified atom stereocenters. The van der Waals surface area contributed by atoms with Gasteiger partial charge in [-0.15, -0.1) is 0 Å². The third-order valence-corrected chi connectivity index (χ3v) is 4.54. The van der Waals surface area contributed by atoms with E-state index in [9.17, 15) is 9.90 Å².